The summed E-state index contributed by atoms with van der Waals surface area (Å²) in [5.41, 5.74) is 3.13. The molecule has 0 saturated carbocycles. The third-order valence-corrected chi connectivity index (χ3v) is 3.87. The first-order valence-corrected chi connectivity index (χ1v) is 8.34. The second-order valence-corrected chi connectivity index (χ2v) is 6.04. The lowest BCUT2D eigenvalue weighted by atomic mass is 10.1. The van der Waals surface area contributed by atoms with Crippen LogP contribution in [0.3, 0.4) is 0 Å². The smallest absolute Gasteiger partial charge is 0.300 e. The van der Waals surface area contributed by atoms with Crippen LogP contribution in [0.5, 0.6) is 5.75 Å². The lowest BCUT2D eigenvalue weighted by Crippen LogP contribution is -1.87. The molecule has 2 aromatic carbocycles. The molecular weight excluding hydrogens is 398 g/mol. The van der Waals surface area contributed by atoms with Gasteiger partial charge in [0.25, 0.3) is 5.97 Å². The van der Waals surface area contributed by atoms with E-state index in [4.69, 9.17) is 14.6 Å². The summed E-state index contributed by atoms with van der Waals surface area (Å²) in [6, 6.07) is 15.5. The first kappa shape index (κ1) is 19.2. The number of allylic oxidation sites excluding steroid dienone is 1. The molecular formula is C19H16BrN3O3. The van der Waals surface area contributed by atoms with E-state index in [1.54, 1.807) is 13.2 Å². The second kappa shape index (κ2) is 8.83. The summed E-state index contributed by atoms with van der Waals surface area (Å²) in [7, 11) is 1.62. The molecule has 132 valence electrons. The standard InChI is InChI=1S/C17H12BrN3O.C2H4O2/c1-22-16-7-6-11(9-13(16)18)8-12(10-19)17-20-14-4-2-3-5-15(14)21-17;1-2(3)4/h2-9H,1H3,(H,20,21);1H3,(H,3,4)/b12-8+;. The number of aromatic amines is 1. The van der Waals surface area contributed by atoms with Crippen molar-refractivity contribution in [2.45, 2.75) is 6.92 Å². The summed E-state index contributed by atoms with van der Waals surface area (Å²) in [5, 5.41) is 16.8. The molecule has 7 heteroatoms. The van der Waals surface area contributed by atoms with Gasteiger partial charge in [-0.1, -0.05) is 18.2 Å². The summed E-state index contributed by atoms with van der Waals surface area (Å²) in [6.45, 7) is 1.08. The molecule has 26 heavy (non-hydrogen) atoms. The predicted molar refractivity (Wildman–Crippen MR) is 104 cm³/mol. The summed E-state index contributed by atoms with van der Waals surface area (Å²) < 4.78 is 6.04. The number of nitriles is 1. The van der Waals surface area contributed by atoms with Crippen LogP contribution in [-0.2, 0) is 4.79 Å². The van der Waals surface area contributed by atoms with E-state index in [0.717, 1.165) is 33.7 Å². The van der Waals surface area contributed by atoms with Crippen molar-refractivity contribution in [3.8, 4) is 11.8 Å². The predicted octanol–water partition coefficient (Wildman–Crippen LogP) is 4.49. The molecule has 0 saturated heterocycles. The van der Waals surface area contributed by atoms with Gasteiger partial charge in [0.1, 0.15) is 17.6 Å². The Morgan fingerprint density at radius 2 is 2.04 bits per heavy atom. The maximum Gasteiger partial charge on any atom is 0.300 e. The average molecular weight is 414 g/mol. The van der Waals surface area contributed by atoms with Crippen LogP contribution < -0.4 is 4.74 Å². The number of nitrogens with zero attached hydrogens (tertiary/aromatic N) is 2. The Morgan fingerprint density at radius 1 is 1.35 bits per heavy atom. The minimum atomic E-state index is -0.833. The van der Waals surface area contributed by atoms with Gasteiger partial charge in [0.05, 0.1) is 28.2 Å². The summed E-state index contributed by atoms with van der Waals surface area (Å²) in [6.07, 6.45) is 1.79. The highest BCUT2D eigenvalue weighted by atomic mass is 79.9. The number of imidazole rings is 1. The Hall–Kier alpha value is -3.11. The minimum absolute atomic E-state index is 0.480. The molecule has 0 bridgehead atoms. The molecule has 0 aliphatic heterocycles. The maximum absolute atomic E-state index is 9.42. The molecule has 3 rings (SSSR count). The molecule has 2 N–H and O–H groups in total. The number of rotatable bonds is 3. The molecule has 0 fully saturated rings. The highest BCUT2D eigenvalue weighted by Gasteiger charge is 2.08. The number of carbonyl (C=O) groups is 1. The van der Waals surface area contributed by atoms with Gasteiger partial charge in [-0.15, -0.1) is 0 Å². The van der Waals surface area contributed by atoms with Crippen LogP contribution in [0.2, 0.25) is 0 Å². The SMILES string of the molecule is CC(=O)O.COc1ccc(/C=C(\C#N)c2nc3ccccc3[nH]2)cc1Br. The molecule has 1 aromatic heterocycles. The monoisotopic (exact) mass is 413 g/mol. The van der Waals surface area contributed by atoms with Gasteiger partial charge in [-0.3, -0.25) is 4.79 Å². The fourth-order valence-corrected chi connectivity index (χ4v) is 2.73. The van der Waals surface area contributed by atoms with Crippen molar-refractivity contribution < 1.29 is 14.6 Å². The van der Waals surface area contributed by atoms with Crippen molar-refractivity contribution in [2.24, 2.45) is 0 Å². The third-order valence-electron chi connectivity index (χ3n) is 3.25. The van der Waals surface area contributed by atoms with Gasteiger partial charge in [-0.25, -0.2) is 4.98 Å². The molecule has 0 radical (unpaired) electrons. The summed E-state index contributed by atoms with van der Waals surface area (Å²) in [4.78, 5) is 16.6. The van der Waals surface area contributed by atoms with E-state index in [1.165, 1.54) is 0 Å². The number of para-hydroxylation sites is 2. The molecule has 0 aliphatic carbocycles. The van der Waals surface area contributed by atoms with Crippen LogP contribution in [0.15, 0.2) is 46.9 Å². The number of H-pyrrole nitrogens is 1. The average Bonchev–Trinajstić information content (AvgIpc) is 3.03. The first-order chi connectivity index (χ1) is 12.4. The highest BCUT2D eigenvalue weighted by molar-refractivity contribution is 9.10. The van der Waals surface area contributed by atoms with Gasteiger partial charge >= 0.3 is 0 Å². The zero-order valence-electron chi connectivity index (χ0n) is 14.2. The van der Waals surface area contributed by atoms with Crippen LogP contribution in [0.25, 0.3) is 22.7 Å². The van der Waals surface area contributed by atoms with Crippen molar-refractivity contribution >= 4 is 44.6 Å². The van der Waals surface area contributed by atoms with Crippen LogP contribution in [0, 0.1) is 11.3 Å². The van der Waals surface area contributed by atoms with E-state index in [2.05, 4.69) is 32.0 Å². The van der Waals surface area contributed by atoms with E-state index in [1.807, 2.05) is 42.5 Å². The number of carboxylic acid groups (broad SMARTS) is 1. The summed E-state index contributed by atoms with van der Waals surface area (Å²) >= 11 is 3.44. The largest absolute Gasteiger partial charge is 0.496 e. The van der Waals surface area contributed by atoms with Crippen molar-refractivity contribution in [1.82, 2.24) is 9.97 Å². The Kier molecular flexibility index (Phi) is 6.53. The number of carboxylic acids is 1. The van der Waals surface area contributed by atoms with Gasteiger partial charge in [0.15, 0.2) is 0 Å². The molecule has 0 spiro atoms. The minimum Gasteiger partial charge on any atom is -0.496 e. The van der Waals surface area contributed by atoms with Gasteiger partial charge in [0.2, 0.25) is 0 Å². The topological polar surface area (TPSA) is 99.0 Å². The molecule has 0 aliphatic rings. The fourth-order valence-electron chi connectivity index (χ4n) is 2.17. The Balaban J connectivity index is 0.000000552. The number of hydrogen-bond donors (Lipinski definition) is 2. The number of aromatic nitrogens is 2. The number of nitrogens with one attached hydrogen (secondary N) is 1. The molecule has 1 heterocycles. The number of ether oxygens (including phenoxy) is 1. The fraction of sp³-hybridized carbons (Fsp3) is 0.105. The van der Waals surface area contributed by atoms with Crippen LogP contribution in [0.4, 0.5) is 0 Å². The highest BCUT2D eigenvalue weighted by Crippen LogP contribution is 2.27. The third kappa shape index (κ3) is 4.94. The second-order valence-electron chi connectivity index (χ2n) is 5.19. The lowest BCUT2D eigenvalue weighted by molar-refractivity contribution is -0.134. The van der Waals surface area contributed by atoms with Crippen molar-refractivity contribution in [3.05, 3.63) is 58.3 Å². The number of fused-ring (bicyclic) bond motifs is 1. The number of benzene rings is 2. The van der Waals surface area contributed by atoms with E-state index >= 15 is 0 Å². The Morgan fingerprint density at radius 3 is 2.62 bits per heavy atom. The van der Waals surface area contributed by atoms with E-state index < -0.39 is 5.97 Å². The summed E-state index contributed by atoms with van der Waals surface area (Å²) in [5.74, 6) is 0.482. The van der Waals surface area contributed by atoms with Gasteiger partial charge in [-0.05, 0) is 51.8 Å². The number of aliphatic carboxylic acids is 1. The van der Waals surface area contributed by atoms with E-state index in [9.17, 15) is 5.26 Å². The normalized spacial score (nSPS) is 10.6. The maximum atomic E-state index is 9.42. The van der Waals surface area contributed by atoms with Crippen molar-refractivity contribution in [1.29, 1.82) is 5.26 Å². The number of halogens is 1. The van der Waals surface area contributed by atoms with Crippen LogP contribution in [-0.4, -0.2) is 28.2 Å². The van der Waals surface area contributed by atoms with Gasteiger partial charge in [0, 0.05) is 6.92 Å². The number of hydrogen-bond acceptors (Lipinski definition) is 4. The van der Waals surface area contributed by atoms with Crippen LogP contribution in [0.1, 0.15) is 18.3 Å². The zero-order valence-corrected chi connectivity index (χ0v) is 15.7. The molecule has 6 nitrogen and oxygen atoms in total. The molecule has 3 aromatic rings. The Bertz CT molecular complexity index is 966. The van der Waals surface area contributed by atoms with Crippen molar-refractivity contribution in [3.63, 3.8) is 0 Å². The molecule has 0 amide bonds. The van der Waals surface area contributed by atoms with E-state index in [-0.39, 0.29) is 0 Å². The first-order valence-electron chi connectivity index (χ1n) is 7.54. The lowest BCUT2D eigenvalue weighted by Gasteiger charge is -2.03. The van der Waals surface area contributed by atoms with Crippen LogP contribution >= 0.6 is 15.9 Å². The molecule has 0 unspecified atom stereocenters. The number of methoxy groups -OCH3 is 1. The van der Waals surface area contributed by atoms with Gasteiger partial charge < -0.3 is 14.8 Å². The zero-order chi connectivity index (χ0) is 19.1. The Labute approximate surface area is 158 Å². The quantitative estimate of drug-likeness (QED) is 0.616. The van der Waals surface area contributed by atoms with E-state index in [0.29, 0.717) is 11.4 Å². The molecule has 0 atom stereocenters. The van der Waals surface area contributed by atoms with Crippen molar-refractivity contribution in [2.75, 3.05) is 7.11 Å². The van der Waals surface area contributed by atoms with Gasteiger partial charge in [-0.2, -0.15) is 5.26 Å².